The van der Waals surface area contributed by atoms with Gasteiger partial charge in [0.25, 0.3) is 0 Å². The molecule has 0 aromatic carbocycles. The van der Waals surface area contributed by atoms with Crippen LogP contribution in [0.1, 0.15) is 140 Å². The van der Waals surface area contributed by atoms with Crippen molar-refractivity contribution >= 4 is 0 Å². The first kappa shape index (κ1) is 30.3. The van der Waals surface area contributed by atoms with Crippen molar-refractivity contribution < 1.29 is 0 Å². The minimum absolute atomic E-state index is 0.262. The van der Waals surface area contributed by atoms with Crippen LogP contribution >= 0.6 is 0 Å². The topological polar surface area (TPSA) is 102 Å². The summed E-state index contributed by atoms with van der Waals surface area (Å²) in [6, 6.07) is -0.917. The van der Waals surface area contributed by atoms with Crippen LogP contribution in [-0.4, -0.2) is 46.9 Å². The lowest BCUT2D eigenvalue weighted by Gasteiger charge is -2.48. The van der Waals surface area contributed by atoms with Gasteiger partial charge in [0, 0.05) is 51.4 Å². The van der Waals surface area contributed by atoms with Gasteiger partial charge in [0.1, 0.15) is 0 Å². The first-order valence-corrected chi connectivity index (χ1v) is 14.8. The Bertz CT molecular complexity index is 1060. The zero-order valence-electron chi connectivity index (χ0n) is 26.5. The molecule has 222 valence electrons. The van der Waals surface area contributed by atoms with Crippen LogP contribution in [0.25, 0.3) is 0 Å². The lowest BCUT2D eigenvalue weighted by molar-refractivity contribution is 0.0981. The largest absolute Gasteiger partial charge is 0.336 e. The van der Waals surface area contributed by atoms with Crippen molar-refractivity contribution in [3.63, 3.8) is 0 Å². The molecule has 3 aliphatic rings. The molecule has 3 fully saturated rings. The van der Waals surface area contributed by atoms with Crippen LogP contribution in [-0.2, 0) is 0 Å². The van der Waals surface area contributed by atoms with E-state index in [1.807, 2.05) is 0 Å². The maximum Gasteiger partial charge on any atom is 0.336 e. The molecule has 0 amide bonds. The summed E-state index contributed by atoms with van der Waals surface area (Å²) in [5.74, 6) is 0. The molecular weight excluding hydrogens is 492 g/mol. The predicted molar refractivity (Wildman–Crippen MR) is 158 cm³/mol. The Balaban J connectivity index is 1.99. The SMILES string of the molecule is CC1(C)CC(n2c(=O)n(C3CC(C)(C)NC(C)(C)C3)c(=O)n(C3CC(C)(C)NC(C)(C)C3)c2=O)CC(C)(C)N1. The number of rotatable bonds is 3. The van der Waals surface area contributed by atoms with E-state index >= 15 is 0 Å². The van der Waals surface area contributed by atoms with E-state index in [2.05, 4.69) is 99.0 Å². The number of hydrogen-bond donors (Lipinski definition) is 3. The first-order chi connectivity index (χ1) is 17.4. The highest BCUT2D eigenvalue weighted by molar-refractivity contribution is 5.05. The number of piperidine rings is 3. The van der Waals surface area contributed by atoms with E-state index in [0.29, 0.717) is 38.5 Å². The molecule has 0 radical (unpaired) electrons. The molecule has 0 atom stereocenters. The molecule has 3 saturated heterocycles. The average molecular weight is 547 g/mol. The van der Waals surface area contributed by atoms with E-state index in [1.54, 1.807) is 0 Å². The van der Waals surface area contributed by atoms with Crippen molar-refractivity contribution in [2.45, 2.75) is 173 Å². The maximum absolute atomic E-state index is 14.4. The summed E-state index contributed by atoms with van der Waals surface area (Å²) in [7, 11) is 0. The molecule has 4 heterocycles. The molecule has 1 aromatic rings. The Hall–Kier alpha value is -1.71. The third kappa shape index (κ3) is 6.30. The zero-order valence-corrected chi connectivity index (χ0v) is 26.5. The van der Waals surface area contributed by atoms with E-state index in [-0.39, 0.29) is 51.4 Å². The summed E-state index contributed by atoms with van der Waals surface area (Å²) in [4.78, 5) is 43.2. The van der Waals surface area contributed by atoms with Crippen molar-refractivity contribution in [1.29, 1.82) is 0 Å². The van der Waals surface area contributed by atoms with Gasteiger partial charge >= 0.3 is 17.1 Å². The van der Waals surface area contributed by atoms with Gasteiger partial charge in [-0.1, -0.05) is 0 Å². The van der Waals surface area contributed by atoms with Crippen molar-refractivity contribution in [2.75, 3.05) is 0 Å². The van der Waals surface area contributed by atoms with Gasteiger partial charge in [-0.25, -0.2) is 28.1 Å². The molecule has 39 heavy (non-hydrogen) atoms. The normalized spacial score (nSPS) is 28.3. The molecule has 0 bridgehead atoms. The zero-order chi connectivity index (χ0) is 29.6. The Labute approximate surface area is 234 Å². The molecule has 3 aliphatic heterocycles. The smallest absolute Gasteiger partial charge is 0.307 e. The highest BCUT2D eigenvalue weighted by Gasteiger charge is 2.45. The van der Waals surface area contributed by atoms with Crippen LogP contribution in [0.5, 0.6) is 0 Å². The van der Waals surface area contributed by atoms with Gasteiger partial charge in [-0.3, -0.25) is 0 Å². The lowest BCUT2D eigenvalue weighted by atomic mass is 9.79. The summed E-state index contributed by atoms with van der Waals surface area (Å²) >= 11 is 0. The highest BCUT2D eigenvalue weighted by Crippen LogP contribution is 2.38. The molecule has 9 nitrogen and oxygen atoms in total. The van der Waals surface area contributed by atoms with Crippen LogP contribution < -0.4 is 33.0 Å². The molecule has 9 heteroatoms. The summed E-state index contributed by atoms with van der Waals surface area (Å²) in [5, 5.41) is 11.0. The van der Waals surface area contributed by atoms with E-state index in [0.717, 1.165) is 0 Å². The van der Waals surface area contributed by atoms with Crippen molar-refractivity contribution in [1.82, 2.24) is 29.7 Å². The Kier molecular flexibility index (Phi) is 7.10. The van der Waals surface area contributed by atoms with E-state index in [4.69, 9.17) is 0 Å². The van der Waals surface area contributed by atoms with E-state index in [9.17, 15) is 14.4 Å². The summed E-state index contributed by atoms with van der Waals surface area (Å²) in [6.07, 6.45) is 3.81. The maximum atomic E-state index is 14.4. The van der Waals surface area contributed by atoms with Crippen LogP contribution in [0, 0.1) is 0 Å². The van der Waals surface area contributed by atoms with Gasteiger partial charge < -0.3 is 16.0 Å². The quantitative estimate of drug-likeness (QED) is 0.535. The van der Waals surface area contributed by atoms with Gasteiger partial charge in [0.2, 0.25) is 0 Å². The third-order valence-electron chi connectivity index (χ3n) is 8.84. The molecule has 1 aromatic heterocycles. The van der Waals surface area contributed by atoms with Gasteiger partial charge in [-0.2, -0.15) is 0 Å². The Morgan fingerprint density at radius 1 is 0.410 bits per heavy atom. The second-order valence-electron chi connectivity index (χ2n) is 16.8. The third-order valence-corrected chi connectivity index (χ3v) is 8.84. The second-order valence-corrected chi connectivity index (χ2v) is 16.8. The molecule has 3 N–H and O–H groups in total. The van der Waals surface area contributed by atoms with Crippen LogP contribution in [0.3, 0.4) is 0 Å². The number of nitrogens with one attached hydrogen (secondary N) is 3. The molecule has 4 rings (SSSR count). The number of nitrogens with zero attached hydrogens (tertiary/aromatic N) is 3. The average Bonchev–Trinajstić information content (AvgIpc) is 2.60. The predicted octanol–water partition coefficient (Wildman–Crippen LogP) is 3.62. The molecular formula is C30H54N6O3. The minimum Gasteiger partial charge on any atom is -0.307 e. The van der Waals surface area contributed by atoms with Crippen molar-refractivity contribution in [2.24, 2.45) is 0 Å². The first-order valence-electron chi connectivity index (χ1n) is 14.8. The number of aromatic nitrogens is 3. The Morgan fingerprint density at radius 3 is 0.718 bits per heavy atom. The van der Waals surface area contributed by atoms with Crippen molar-refractivity contribution in [3.05, 3.63) is 31.5 Å². The Morgan fingerprint density at radius 2 is 0.564 bits per heavy atom. The van der Waals surface area contributed by atoms with E-state index < -0.39 is 17.1 Å². The fourth-order valence-corrected chi connectivity index (χ4v) is 8.88. The van der Waals surface area contributed by atoms with Crippen LogP contribution in [0.2, 0.25) is 0 Å². The van der Waals surface area contributed by atoms with Gasteiger partial charge in [-0.15, -0.1) is 0 Å². The van der Waals surface area contributed by atoms with E-state index in [1.165, 1.54) is 13.7 Å². The summed E-state index contributed by atoms with van der Waals surface area (Å²) < 4.78 is 4.36. The standard InChI is InChI=1S/C30H54N6O3/c1-25(2)13-19(14-26(3,4)31-25)34-22(37)35(20-15-27(5,6)32-28(7,8)16-20)24(39)36(23(34)38)21-17-29(9,10)33-30(11,12)18-21/h19-21,31-33H,13-18H2,1-12H3. The fraction of sp³-hybridized carbons (Fsp3) is 0.900. The highest BCUT2D eigenvalue weighted by atomic mass is 16.2. The summed E-state index contributed by atoms with van der Waals surface area (Å²) in [6.45, 7) is 25.5. The summed E-state index contributed by atoms with van der Waals surface area (Å²) in [5.41, 5.74) is -2.93. The lowest BCUT2D eigenvalue weighted by Crippen LogP contribution is -2.66. The van der Waals surface area contributed by atoms with Crippen LogP contribution in [0.4, 0.5) is 0 Å². The molecule has 0 aliphatic carbocycles. The molecule has 0 unspecified atom stereocenters. The van der Waals surface area contributed by atoms with Gasteiger partial charge in [0.15, 0.2) is 0 Å². The van der Waals surface area contributed by atoms with Crippen molar-refractivity contribution in [3.8, 4) is 0 Å². The minimum atomic E-state index is -0.453. The molecule has 0 saturated carbocycles. The van der Waals surface area contributed by atoms with Gasteiger partial charge in [-0.05, 0) is 122 Å². The van der Waals surface area contributed by atoms with Crippen LogP contribution in [0.15, 0.2) is 14.4 Å². The number of hydrogen-bond acceptors (Lipinski definition) is 6. The van der Waals surface area contributed by atoms with Gasteiger partial charge in [0.05, 0.1) is 0 Å². The monoisotopic (exact) mass is 546 g/mol. The fourth-order valence-electron chi connectivity index (χ4n) is 8.88. The second kappa shape index (κ2) is 9.15. The molecule has 0 spiro atoms.